The van der Waals surface area contributed by atoms with E-state index in [1.54, 1.807) is 4.90 Å². The zero-order valence-electron chi connectivity index (χ0n) is 10.8. The van der Waals surface area contributed by atoms with Crippen molar-refractivity contribution >= 4 is 24.4 Å². The number of imidazole rings is 1. The number of rotatable bonds is 4. The molecule has 20 heavy (non-hydrogen) atoms. The molecule has 2 rings (SSSR count). The molecule has 0 saturated carbocycles. The topological polar surface area (TPSA) is 61.0 Å². The number of fused-ring (bicyclic) bond motifs is 1. The number of halogens is 3. The van der Waals surface area contributed by atoms with Crippen LogP contribution in [0.3, 0.4) is 0 Å². The number of alkyl halides is 3. The molecule has 9 heteroatoms. The number of anilines is 1. The molecule has 5 nitrogen and oxygen atoms in total. The van der Waals surface area contributed by atoms with Crippen LogP contribution in [0.5, 0.6) is 0 Å². The molecule has 0 fully saturated rings. The lowest BCUT2D eigenvalue weighted by molar-refractivity contribution is -0.144. The van der Waals surface area contributed by atoms with Crippen molar-refractivity contribution in [3.05, 3.63) is 11.5 Å². The zero-order valence-corrected chi connectivity index (χ0v) is 11.7. The predicted molar refractivity (Wildman–Crippen MR) is 70.7 cm³/mol. The molecule has 1 unspecified atom stereocenters. The Kier molecular flexibility index (Phi) is 4.17. The highest BCUT2D eigenvalue weighted by atomic mass is 32.1. The quantitative estimate of drug-likeness (QED) is 0.591. The molecule has 1 aliphatic heterocycles. The SMILES string of the molecule is CCCCCN1c2nc(C(F)(F)F)[nH]c2C(=O)NC1S. The normalized spacial score (nSPS) is 18.9. The van der Waals surface area contributed by atoms with Crippen LogP contribution in [0.1, 0.15) is 42.5 Å². The van der Waals surface area contributed by atoms with Crippen molar-refractivity contribution in [1.29, 1.82) is 0 Å². The van der Waals surface area contributed by atoms with Crippen molar-refractivity contribution in [2.24, 2.45) is 0 Å². The van der Waals surface area contributed by atoms with Crippen molar-refractivity contribution in [2.45, 2.75) is 37.9 Å². The van der Waals surface area contributed by atoms with Crippen molar-refractivity contribution in [3.63, 3.8) is 0 Å². The lowest BCUT2D eigenvalue weighted by atomic mass is 10.2. The van der Waals surface area contributed by atoms with E-state index in [-0.39, 0.29) is 11.5 Å². The van der Waals surface area contributed by atoms with E-state index >= 15 is 0 Å². The van der Waals surface area contributed by atoms with Crippen LogP contribution in [0.2, 0.25) is 0 Å². The van der Waals surface area contributed by atoms with Gasteiger partial charge in [-0.05, 0) is 6.42 Å². The summed E-state index contributed by atoms with van der Waals surface area (Å²) in [7, 11) is 0. The molecule has 0 spiro atoms. The Hall–Kier alpha value is -1.38. The van der Waals surface area contributed by atoms with Gasteiger partial charge in [-0.2, -0.15) is 13.2 Å². The van der Waals surface area contributed by atoms with E-state index in [4.69, 9.17) is 0 Å². The number of aromatic amines is 1. The van der Waals surface area contributed by atoms with Gasteiger partial charge in [-0.15, -0.1) is 12.6 Å². The van der Waals surface area contributed by atoms with Crippen LogP contribution in [0, 0.1) is 0 Å². The number of amides is 1. The Morgan fingerprint density at radius 2 is 2.10 bits per heavy atom. The standard InChI is InChI=1S/C11H15F3N4OS/c1-2-3-4-5-18-7-6(8(19)17-10(18)20)15-9(16-7)11(12,13)14/h10,20H,2-5H2,1H3,(H,15,16)(H,17,19). The van der Waals surface area contributed by atoms with Gasteiger partial charge in [0.25, 0.3) is 5.91 Å². The zero-order chi connectivity index (χ0) is 14.9. The Bertz CT molecular complexity index is 502. The first-order chi connectivity index (χ1) is 9.34. The van der Waals surface area contributed by atoms with E-state index in [0.717, 1.165) is 19.3 Å². The second kappa shape index (κ2) is 5.55. The third kappa shape index (κ3) is 2.87. The summed E-state index contributed by atoms with van der Waals surface area (Å²) in [6.45, 7) is 2.51. The Labute approximate surface area is 119 Å². The molecule has 0 radical (unpaired) electrons. The molecule has 2 N–H and O–H groups in total. The summed E-state index contributed by atoms with van der Waals surface area (Å²) in [5.41, 5.74) is -0.838. The Morgan fingerprint density at radius 3 is 2.70 bits per heavy atom. The first-order valence-corrected chi connectivity index (χ1v) is 6.79. The van der Waals surface area contributed by atoms with E-state index in [0.29, 0.717) is 6.54 Å². The minimum atomic E-state index is -4.61. The molecule has 1 aliphatic rings. The lowest BCUT2D eigenvalue weighted by Crippen LogP contribution is -2.50. The van der Waals surface area contributed by atoms with Crippen molar-refractivity contribution < 1.29 is 18.0 Å². The minimum absolute atomic E-state index is 0.0113. The predicted octanol–water partition coefficient (Wildman–Crippen LogP) is 2.38. The van der Waals surface area contributed by atoms with Gasteiger partial charge in [0.2, 0.25) is 5.82 Å². The number of unbranched alkanes of at least 4 members (excludes halogenated alkanes) is 2. The smallest absolute Gasteiger partial charge is 0.329 e. The van der Waals surface area contributed by atoms with Gasteiger partial charge in [-0.25, -0.2) is 4.98 Å². The van der Waals surface area contributed by atoms with E-state index in [1.165, 1.54) is 0 Å². The van der Waals surface area contributed by atoms with Crippen molar-refractivity contribution in [3.8, 4) is 0 Å². The van der Waals surface area contributed by atoms with Crippen LogP contribution in [-0.4, -0.2) is 27.9 Å². The van der Waals surface area contributed by atoms with Crippen molar-refractivity contribution in [2.75, 3.05) is 11.4 Å². The van der Waals surface area contributed by atoms with Crippen LogP contribution in [0.25, 0.3) is 0 Å². The number of nitrogens with one attached hydrogen (secondary N) is 2. The van der Waals surface area contributed by atoms with Gasteiger partial charge in [-0.1, -0.05) is 19.8 Å². The number of carbonyl (C=O) groups is 1. The monoisotopic (exact) mass is 308 g/mol. The number of H-pyrrole nitrogens is 1. The minimum Gasteiger partial charge on any atom is -0.329 e. The third-order valence-electron chi connectivity index (χ3n) is 3.01. The van der Waals surface area contributed by atoms with Gasteiger partial charge < -0.3 is 15.2 Å². The molecule has 1 aromatic rings. The average molecular weight is 308 g/mol. The summed E-state index contributed by atoms with van der Waals surface area (Å²) in [5, 5.41) is 2.49. The third-order valence-corrected chi connectivity index (χ3v) is 3.42. The maximum absolute atomic E-state index is 12.7. The number of aromatic nitrogens is 2. The fraction of sp³-hybridized carbons (Fsp3) is 0.636. The molecule has 0 bridgehead atoms. The highest BCUT2D eigenvalue weighted by Crippen LogP contribution is 2.32. The number of carbonyl (C=O) groups excluding carboxylic acids is 1. The maximum Gasteiger partial charge on any atom is 0.449 e. The molecule has 1 amide bonds. The molecule has 0 aliphatic carbocycles. The maximum atomic E-state index is 12.7. The molecule has 0 aromatic carbocycles. The van der Waals surface area contributed by atoms with Gasteiger partial charge in [0.05, 0.1) is 0 Å². The fourth-order valence-electron chi connectivity index (χ4n) is 2.01. The second-order valence-electron chi connectivity index (χ2n) is 4.53. The highest BCUT2D eigenvalue weighted by molar-refractivity contribution is 7.81. The summed E-state index contributed by atoms with van der Waals surface area (Å²) >= 11 is 4.18. The molecular formula is C11H15F3N4OS. The molecular weight excluding hydrogens is 293 g/mol. The fourth-order valence-corrected chi connectivity index (χ4v) is 2.35. The molecule has 2 heterocycles. The Balaban J connectivity index is 2.30. The van der Waals surface area contributed by atoms with Gasteiger partial charge >= 0.3 is 6.18 Å². The second-order valence-corrected chi connectivity index (χ2v) is 5.02. The summed E-state index contributed by atoms with van der Waals surface area (Å²) in [6, 6.07) is 0. The molecule has 1 atom stereocenters. The largest absolute Gasteiger partial charge is 0.449 e. The van der Waals surface area contributed by atoms with Gasteiger partial charge in [0, 0.05) is 6.54 Å². The van der Waals surface area contributed by atoms with Gasteiger partial charge in [0.1, 0.15) is 11.2 Å². The van der Waals surface area contributed by atoms with Crippen LogP contribution < -0.4 is 10.2 Å². The number of thiol groups is 1. The lowest BCUT2D eigenvalue weighted by Gasteiger charge is -2.33. The summed E-state index contributed by atoms with van der Waals surface area (Å²) in [5.74, 6) is -1.78. The summed E-state index contributed by atoms with van der Waals surface area (Å²) < 4.78 is 38.0. The Morgan fingerprint density at radius 1 is 1.40 bits per heavy atom. The number of hydrogen-bond acceptors (Lipinski definition) is 4. The number of nitrogens with zero attached hydrogens (tertiary/aromatic N) is 2. The van der Waals surface area contributed by atoms with E-state index < -0.39 is 23.4 Å². The molecule has 1 aromatic heterocycles. The molecule has 0 saturated heterocycles. The van der Waals surface area contributed by atoms with Crippen LogP contribution >= 0.6 is 12.6 Å². The summed E-state index contributed by atoms with van der Waals surface area (Å²) in [4.78, 5) is 18.8. The first-order valence-electron chi connectivity index (χ1n) is 6.27. The van der Waals surface area contributed by atoms with E-state index in [1.807, 2.05) is 11.9 Å². The summed E-state index contributed by atoms with van der Waals surface area (Å²) in [6.07, 6.45) is -1.90. The van der Waals surface area contributed by atoms with E-state index in [2.05, 4.69) is 22.9 Å². The van der Waals surface area contributed by atoms with Crippen molar-refractivity contribution in [1.82, 2.24) is 15.3 Å². The van der Waals surface area contributed by atoms with Crippen LogP contribution in [0.15, 0.2) is 0 Å². The van der Waals surface area contributed by atoms with Gasteiger partial charge in [0.15, 0.2) is 5.82 Å². The first kappa shape index (κ1) is 15.0. The van der Waals surface area contributed by atoms with Crippen LogP contribution in [0.4, 0.5) is 19.0 Å². The van der Waals surface area contributed by atoms with Crippen LogP contribution in [-0.2, 0) is 6.18 Å². The van der Waals surface area contributed by atoms with Gasteiger partial charge in [-0.3, -0.25) is 4.79 Å². The highest BCUT2D eigenvalue weighted by Gasteiger charge is 2.40. The number of hydrogen-bond donors (Lipinski definition) is 3. The average Bonchev–Trinajstić information content (AvgIpc) is 2.78. The van der Waals surface area contributed by atoms with E-state index in [9.17, 15) is 18.0 Å². The molecule has 112 valence electrons.